The van der Waals surface area contributed by atoms with Gasteiger partial charge in [0.2, 0.25) is 5.88 Å². The third-order valence-corrected chi connectivity index (χ3v) is 4.17. The van der Waals surface area contributed by atoms with Crippen LogP contribution in [0.2, 0.25) is 0 Å². The van der Waals surface area contributed by atoms with Crippen molar-refractivity contribution in [3.63, 3.8) is 0 Å². The molecule has 1 aromatic carbocycles. The first-order valence-electron chi connectivity index (χ1n) is 9.25. The number of nitrogens with zero attached hydrogens (tertiary/aromatic N) is 4. The molecule has 0 aliphatic heterocycles. The Hall–Kier alpha value is -3.99. The quantitative estimate of drug-likeness (QED) is 0.491. The number of aryl methyl sites for hydroxylation is 1. The standard InChI is InChI=1S/C20H21N5O6/c1-11(26)12(2)30-14-6-13(19(27)23-17-4-5-25(3)24-17)7-15(8-14)31-18-10-21-16(9-22-18)20(28)29/h4-12,26H,1-3H3,(H,28,29)(H,23,24,27)/t11?,12-/m0/s1. The number of carbonyl (C=O) groups is 2. The highest BCUT2D eigenvalue weighted by Gasteiger charge is 2.16. The van der Waals surface area contributed by atoms with E-state index < -0.39 is 24.1 Å². The van der Waals surface area contributed by atoms with E-state index in [1.165, 1.54) is 18.2 Å². The summed E-state index contributed by atoms with van der Waals surface area (Å²) in [5, 5.41) is 25.4. The summed E-state index contributed by atoms with van der Waals surface area (Å²) in [5.74, 6) is -0.775. The van der Waals surface area contributed by atoms with Gasteiger partial charge in [-0.25, -0.2) is 14.8 Å². The second-order valence-electron chi connectivity index (χ2n) is 6.73. The van der Waals surface area contributed by atoms with Crippen LogP contribution in [0.25, 0.3) is 0 Å². The van der Waals surface area contributed by atoms with Gasteiger partial charge in [0.05, 0.1) is 18.5 Å². The van der Waals surface area contributed by atoms with Gasteiger partial charge in [-0.2, -0.15) is 5.10 Å². The van der Waals surface area contributed by atoms with Crippen LogP contribution in [0, 0.1) is 0 Å². The van der Waals surface area contributed by atoms with E-state index in [-0.39, 0.29) is 28.6 Å². The fourth-order valence-corrected chi connectivity index (χ4v) is 2.41. The summed E-state index contributed by atoms with van der Waals surface area (Å²) in [6.45, 7) is 3.27. The lowest BCUT2D eigenvalue weighted by Crippen LogP contribution is -2.25. The second kappa shape index (κ2) is 9.22. The number of rotatable bonds is 8. The van der Waals surface area contributed by atoms with Gasteiger partial charge in [0.15, 0.2) is 11.5 Å². The van der Waals surface area contributed by atoms with E-state index in [0.29, 0.717) is 5.82 Å². The van der Waals surface area contributed by atoms with E-state index in [1.54, 1.807) is 37.8 Å². The van der Waals surface area contributed by atoms with Gasteiger partial charge in [0.25, 0.3) is 5.91 Å². The number of aromatic nitrogens is 4. The average molecular weight is 427 g/mol. The van der Waals surface area contributed by atoms with E-state index in [0.717, 1.165) is 12.4 Å². The Morgan fingerprint density at radius 2 is 1.87 bits per heavy atom. The lowest BCUT2D eigenvalue weighted by atomic mass is 10.1. The number of aliphatic hydroxyl groups excluding tert-OH is 1. The van der Waals surface area contributed by atoms with Crippen LogP contribution in [0.5, 0.6) is 17.4 Å². The molecule has 11 nitrogen and oxygen atoms in total. The smallest absolute Gasteiger partial charge is 0.356 e. The Morgan fingerprint density at radius 1 is 1.13 bits per heavy atom. The van der Waals surface area contributed by atoms with Crippen molar-refractivity contribution in [2.75, 3.05) is 5.32 Å². The van der Waals surface area contributed by atoms with Crippen LogP contribution in [-0.2, 0) is 7.05 Å². The fraction of sp³-hybridized carbons (Fsp3) is 0.250. The van der Waals surface area contributed by atoms with Crippen molar-refractivity contribution in [1.82, 2.24) is 19.7 Å². The molecule has 0 radical (unpaired) electrons. The summed E-state index contributed by atoms with van der Waals surface area (Å²) >= 11 is 0. The maximum Gasteiger partial charge on any atom is 0.356 e. The topological polar surface area (TPSA) is 149 Å². The van der Waals surface area contributed by atoms with Crippen LogP contribution in [0.1, 0.15) is 34.7 Å². The number of aliphatic hydroxyl groups is 1. The summed E-state index contributed by atoms with van der Waals surface area (Å²) in [4.78, 5) is 31.3. The van der Waals surface area contributed by atoms with Crippen LogP contribution in [0.4, 0.5) is 5.82 Å². The minimum atomic E-state index is -1.21. The molecule has 162 valence electrons. The normalized spacial score (nSPS) is 12.6. The molecule has 1 unspecified atom stereocenters. The summed E-state index contributed by atoms with van der Waals surface area (Å²) < 4.78 is 12.9. The molecule has 31 heavy (non-hydrogen) atoms. The molecule has 2 aromatic heterocycles. The SMILES string of the molecule is CC(O)[C@H](C)Oc1cc(Oc2cnc(C(=O)O)cn2)cc(C(=O)Nc2ccn(C)n2)c1. The molecule has 0 aliphatic rings. The average Bonchev–Trinajstić information content (AvgIpc) is 3.12. The van der Waals surface area contributed by atoms with Crippen LogP contribution >= 0.6 is 0 Å². The van der Waals surface area contributed by atoms with Crippen molar-refractivity contribution in [3.8, 4) is 17.4 Å². The highest BCUT2D eigenvalue weighted by molar-refractivity contribution is 6.04. The third-order valence-electron chi connectivity index (χ3n) is 4.17. The number of hydrogen-bond acceptors (Lipinski definition) is 8. The van der Waals surface area contributed by atoms with Crippen molar-refractivity contribution in [2.45, 2.75) is 26.1 Å². The lowest BCUT2D eigenvalue weighted by molar-refractivity contribution is 0.0602. The third kappa shape index (κ3) is 5.76. The van der Waals surface area contributed by atoms with E-state index in [2.05, 4.69) is 20.4 Å². The number of aromatic carboxylic acids is 1. The predicted octanol–water partition coefficient (Wildman–Crippen LogP) is 2.10. The zero-order chi connectivity index (χ0) is 22.5. The van der Waals surface area contributed by atoms with Gasteiger partial charge in [0, 0.05) is 30.9 Å². The monoisotopic (exact) mass is 427 g/mol. The lowest BCUT2D eigenvalue weighted by Gasteiger charge is -2.18. The number of hydrogen-bond donors (Lipinski definition) is 3. The van der Waals surface area contributed by atoms with Gasteiger partial charge < -0.3 is 25.0 Å². The molecule has 3 rings (SSSR count). The largest absolute Gasteiger partial charge is 0.488 e. The molecule has 1 amide bonds. The first-order valence-corrected chi connectivity index (χ1v) is 9.25. The van der Waals surface area contributed by atoms with Crippen molar-refractivity contribution >= 4 is 17.7 Å². The van der Waals surface area contributed by atoms with Crippen LogP contribution in [0.3, 0.4) is 0 Å². The number of amides is 1. The number of carbonyl (C=O) groups excluding carboxylic acids is 1. The minimum absolute atomic E-state index is 0.0295. The first kappa shape index (κ1) is 21.7. The molecule has 0 bridgehead atoms. The molecule has 0 spiro atoms. The Labute approximate surface area is 177 Å². The number of carboxylic acid groups (broad SMARTS) is 1. The Morgan fingerprint density at radius 3 is 2.45 bits per heavy atom. The molecule has 2 heterocycles. The molecule has 0 fully saturated rings. The molecule has 3 N–H and O–H groups in total. The van der Waals surface area contributed by atoms with Crippen molar-refractivity contribution < 1.29 is 29.3 Å². The van der Waals surface area contributed by atoms with E-state index in [4.69, 9.17) is 14.6 Å². The molecular weight excluding hydrogens is 406 g/mol. The maximum atomic E-state index is 12.7. The zero-order valence-electron chi connectivity index (χ0n) is 17.0. The minimum Gasteiger partial charge on any atom is -0.488 e. The highest BCUT2D eigenvalue weighted by Crippen LogP contribution is 2.28. The predicted molar refractivity (Wildman–Crippen MR) is 108 cm³/mol. The fourth-order valence-electron chi connectivity index (χ4n) is 2.41. The van der Waals surface area contributed by atoms with Crippen LogP contribution in [0.15, 0.2) is 42.9 Å². The zero-order valence-corrected chi connectivity index (χ0v) is 17.0. The van der Waals surface area contributed by atoms with Crippen molar-refractivity contribution in [2.24, 2.45) is 7.05 Å². The number of anilines is 1. The van der Waals surface area contributed by atoms with Gasteiger partial charge >= 0.3 is 5.97 Å². The highest BCUT2D eigenvalue weighted by atomic mass is 16.5. The van der Waals surface area contributed by atoms with Gasteiger partial charge in [-0.05, 0) is 26.0 Å². The summed E-state index contributed by atoms with van der Waals surface area (Å²) in [6, 6.07) is 6.13. The van der Waals surface area contributed by atoms with Gasteiger partial charge in [0.1, 0.15) is 17.6 Å². The molecule has 0 saturated carbocycles. The van der Waals surface area contributed by atoms with Crippen LogP contribution < -0.4 is 14.8 Å². The second-order valence-corrected chi connectivity index (χ2v) is 6.73. The Balaban J connectivity index is 1.88. The summed E-state index contributed by atoms with van der Waals surface area (Å²) in [6.07, 6.45) is 2.61. The van der Waals surface area contributed by atoms with Gasteiger partial charge in [-0.1, -0.05) is 0 Å². The number of ether oxygens (including phenoxy) is 2. The Bertz CT molecular complexity index is 1080. The van der Waals surface area contributed by atoms with Gasteiger partial charge in [-0.15, -0.1) is 0 Å². The molecule has 11 heteroatoms. The maximum absolute atomic E-state index is 12.7. The first-order chi connectivity index (χ1) is 14.7. The summed E-state index contributed by atoms with van der Waals surface area (Å²) in [7, 11) is 1.73. The summed E-state index contributed by atoms with van der Waals surface area (Å²) in [5.41, 5.74) is -0.0170. The number of nitrogens with one attached hydrogen (secondary N) is 1. The van der Waals surface area contributed by atoms with Crippen LogP contribution in [-0.4, -0.2) is 54.0 Å². The molecule has 0 aliphatic carbocycles. The van der Waals surface area contributed by atoms with E-state index in [9.17, 15) is 14.7 Å². The number of benzene rings is 1. The molecule has 0 saturated heterocycles. The van der Waals surface area contributed by atoms with E-state index >= 15 is 0 Å². The van der Waals surface area contributed by atoms with Gasteiger partial charge in [-0.3, -0.25) is 9.48 Å². The molecule has 2 atom stereocenters. The van der Waals surface area contributed by atoms with Crippen molar-refractivity contribution in [1.29, 1.82) is 0 Å². The molecular formula is C20H21N5O6. The molecule has 3 aromatic rings. The Kier molecular flexibility index (Phi) is 6.46. The number of carboxylic acids is 1. The van der Waals surface area contributed by atoms with Crippen molar-refractivity contribution in [3.05, 3.63) is 54.1 Å². The van der Waals surface area contributed by atoms with E-state index in [1.807, 2.05) is 0 Å².